The first kappa shape index (κ1) is 19.2. The smallest absolute Gasteiger partial charge is 0.230 e. The number of benzene rings is 2. The number of hydrogen-bond donors (Lipinski definition) is 0. The Balaban J connectivity index is 1.39. The Morgan fingerprint density at radius 1 is 1.00 bits per heavy atom. The topological polar surface area (TPSA) is 57.7 Å². The van der Waals surface area contributed by atoms with Crippen molar-refractivity contribution in [3.05, 3.63) is 65.2 Å². The van der Waals surface area contributed by atoms with E-state index in [4.69, 9.17) is 0 Å². The molecule has 0 atom stereocenters. The fourth-order valence-electron chi connectivity index (χ4n) is 4.23. The van der Waals surface area contributed by atoms with Crippen molar-refractivity contribution < 1.29 is 13.2 Å². The lowest BCUT2D eigenvalue weighted by Gasteiger charge is -2.32. The Bertz CT molecular complexity index is 979. The van der Waals surface area contributed by atoms with Crippen LogP contribution in [0.4, 0.5) is 5.69 Å². The first-order valence-corrected chi connectivity index (χ1v) is 11.5. The van der Waals surface area contributed by atoms with Crippen molar-refractivity contribution in [2.45, 2.75) is 31.9 Å². The van der Waals surface area contributed by atoms with E-state index in [9.17, 15) is 13.2 Å². The van der Waals surface area contributed by atoms with Crippen LogP contribution >= 0.6 is 0 Å². The van der Waals surface area contributed by atoms with Gasteiger partial charge < -0.3 is 4.90 Å². The van der Waals surface area contributed by atoms with Crippen molar-refractivity contribution in [2.24, 2.45) is 5.92 Å². The monoisotopic (exact) mass is 398 g/mol. The van der Waals surface area contributed by atoms with Crippen LogP contribution in [0.5, 0.6) is 0 Å². The molecule has 5 nitrogen and oxygen atoms in total. The van der Waals surface area contributed by atoms with Gasteiger partial charge in [0.05, 0.1) is 5.75 Å². The summed E-state index contributed by atoms with van der Waals surface area (Å²) in [4.78, 5) is 14.9. The minimum absolute atomic E-state index is 0.0256. The van der Waals surface area contributed by atoms with Crippen LogP contribution in [-0.4, -0.2) is 38.3 Å². The first-order chi connectivity index (χ1) is 13.5. The van der Waals surface area contributed by atoms with Gasteiger partial charge in [0, 0.05) is 31.2 Å². The van der Waals surface area contributed by atoms with Crippen LogP contribution in [0.3, 0.4) is 0 Å². The number of anilines is 1. The molecule has 28 heavy (non-hydrogen) atoms. The van der Waals surface area contributed by atoms with E-state index in [1.54, 1.807) is 4.31 Å². The number of para-hydroxylation sites is 1. The summed E-state index contributed by atoms with van der Waals surface area (Å²) in [6, 6.07) is 15.6. The van der Waals surface area contributed by atoms with Gasteiger partial charge in [0.1, 0.15) is 0 Å². The predicted octanol–water partition coefficient (Wildman–Crippen LogP) is 3.13. The molecule has 2 aromatic carbocycles. The number of hydrogen-bond acceptors (Lipinski definition) is 3. The maximum Gasteiger partial charge on any atom is 0.230 e. The lowest BCUT2D eigenvalue weighted by atomic mass is 9.96. The summed E-state index contributed by atoms with van der Waals surface area (Å²) in [7, 11) is -3.37. The van der Waals surface area contributed by atoms with E-state index in [0.717, 1.165) is 29.8 Å². The van der Waals surface area contributed by atoms with E-state index in [0.29, 0.717) is 25.9 Å². The summed E-state index contributed by atoms with van der Waals surface area (Å²) < 4.78 is 27.2. The Kier molecular flexibility index (Phi) is 5.25. The fraction of sp³-hybridized carbons (Fsp3) is 0.409. The number of aryl methyl sites for hydroxylation is 1. The predicted molar refractivity (Wildman–Crippen MR) is 111 cm³/mol. The number of carbonyl (C=O) groups excluding carboxylic acids is 1. The minimum Gasteiger partial charge on any atom is -0.312 e. The third kappa shape index (κ3) is 3.71. The van der Waals surface area contributed by atoms with Crippen molar-refractivity contribution in [3.63, 3.8) is 0 Å². The number of carbonyl (C=O) groups is 1. The molecular weight excluding hydrogens is 372 g/mol. The molecule has 0 saturated carbocycles. The van der Waals surface area contributed by atoms with Crippen molar-refractivity contribution in [1.82, 2.24) is 4.31 Å². The molecule has 0 radical (unpaired) electrons. The lowest BCUT2D eigenvalue weighted by Crippen LogP contribution is -2.44. The molecule has 148 valence electrons. The van der Waals surface area contributed by atoms with Crippen molar-refractivity contribution in [2.75, 3.05) is 24.5 Å². The van der Waals surface area contributed by atoms with Crippen molar-refractivity contribution in [1.29, 1.82) is 0 Å². The van der Waals surface area contributed by atoms with E-state index in [1.165, 1.54) is 5.56 Å². The molecule has 0 N–H and O–H groups in total. The van der Waals surface area contributed by atoms with Crippen molar-refractivity contribution in [3.8, 4) is 0 Å². The number of fused-ring (bicyclic) bond motifs is 1. The van der Waals surface area contributed by atoms with Gasteiger partial charge >= 0.3 is 0 Å². The van der Waals surface area contributed by atoms with Crippen LogP contribution in [0, 0.1) is 12.8 Å². The molecule has 0 aromatic heterocycles. The Morgan fingerprint density at radius 2 is 1.68 bits per heavy atom. The third-order valence-electron chi connectivity index (χ3n) is 5.95. The summed E-state index contributed by atoms with van der Waals surface area (Å²) >= 11 is 0. The Hall–Kier alpha value is -2.18. The van der Waals surface area contributed by atoms with E-state index in [2.05, 4.69) is 6.07 Å². The van der Waals surface area contributed by atoms with Crippen LogP contribution in [0.25, 0.3) is 0 Å². The SMILES string of the molecule is Cc1ccccc1CS(=O)(=O)N1CCC(C(=O)N2CCc3ccccc32)CC1. The zero-order valence-corrected chi connectivity index (χ0v) is 17.0. The highest BCUT2D eigenvalue weighted by atomic mass is 32.2. The second-order valence-corrected chi connectivity index (χ2v) is 9.69. The number of sulfonamides is 1. The summed E-state index contributed by atoms with van der Waals surface area (Å²) in [6.07, 6.45) is 2.07. The van der Waals surface area contributed by atoms with Gasteiger partial charge in [-0.15, -0.1) is 0 Å². The summed E-state index contributed by atoms with van der Waals surface area (Å²) in [5, 5.41) is 0. The molecule has 2 aliphatic rings. The number of nitrogens with zero attached hydrogens (tertiary/aromatic N) is 2. The fourth-order valence-corrected chi connectivity index (χ4v) is 5.89. The molecule has 0 aliphatic carbocycles. The van der Waals surface area contributed by atoms with Gasteiger partial charge in [0.2, 0.25) is 15.9 Å². The molecule has 2 aromatic rings. The van der Waals surface area contributed by atoms with E-state index in [1.807, 2.05) is 54.3 Å². The summed E-state index contributed by atoms with van der Waals surface area (Å²) in [5.41, 5.74) is 4.06. The largest absolute Gasteiger partial charge is 0.312 e. The lowest BCUT2D eigenvalue weighted by molar-refractivity contribution is -0.123. The molecule has 0 bridgehead atoms. The second-order valence-electron chi connectivity index (χ2n) is 7.72. The van der Waals surface area contributed by atoms with Crippen LogP contribution < -0.4 is 4.90 Å². The molecule has 1 saturated heterocycles. The first-order valence-electron chi connectivity index (χ1n) is 9.87. The molecule has 1 amide bonds. The molecule has 2 heterocycles. The van der Waals surface area contributed by atoms with E-state index < -0.39 is 10.0 Å². The standard InChI is InChI=1S/C22H26N2O3S/c1-17-6-2-3-8-20(17)16-28(26,27)23-13-10-19(11-14-23)22(25)24-15-12-18-7-4-5-9-21(18)24/h2-9,19H,10-16H2,1H3. The van der Waals surface area contributed by atoms with Crippen molar-refractivity contribution >= 4 is 21.6 Å². The molecule has 0 spiro atoms. The van der Waals surface area contributed by atoms with Gasteiger partial charge in [0.25, 0.3) is 0 Å². The van der Waals surface area contributed by atoms with Gasteiger partial charge in [-0.25, -0.2) is 12.7 Å². The van der Waals surface area contributed by atoms with E-state index >= 15 is 0 Å². The van der Waals surface area contributed by atoms with Gasteiger partial charge in [-0.05, 0) is 48.9 Å². The maximum absolute atomic E-state index is 13.0. The quantitative estimate of drug-likeness (QED) is 0.795. The Labute approximate surface area is 167 Å². The van der Waals surface area contributed by atoms with Crippen LogP contribution in [0.2, 0.25) is 0 Å². The average molecular weight is 399 g/mol. The van der Waals surface area contributed by atoms with Crippen LogP contribution in [0.15, 0.2) is 48.5 Å². The van der Waals surface area contributed by atoms with Gasteiger partial charge in [-0.1, -0.05) is 42.5 Å². The van der Waals surface area contributed by atoms with Gasteiger partial charge in [-0.3, -0.25) is 4.79 Å². The molecule has 4 rings (SSSR count). The van der Waals surface area contributed by atoms with E-state index in [-0.39, 0.29) is 17.6 Å². The number of piperidine rings is 1. The molecule has 1 fully saturated rings. The molecule has 6 heteroatoms. The summed E-state index contributed by atoms with van der Waals surface area (Å²) in [5.74, 6) is 0.0644. The minimum atomic E-state index is -3.37. The second kappa shape index (κ2) is 7.68. The highest BCUT2D eigenvalue weighted by molar-refractivity contribution is 7.88. The number of rotatable bonds is 4. The maximum atomic E-state index is 13.0. The highest BCUT2D eigenvalue weighted by Crippen LogP contribution is 2.31. The molecule has 0 unspecified atom stereocenters. The average Bonchev–Trinajstić information content (AvgIpc) is 3.13. The normalized spacial score (nSPS) is 18.2. The van der Waals surface area contributed by atoms with Gasteiger partial charge in [-0.2, -0.15) is 0 Å². The molecule has 2 aliphatic heterocycles. The summed E-state index contributed by atoms with van der Waals surface area (Å²) in [6.45, 7) is 3.49. The van der Waals surface area contributed by atoms with Crippen LogP contribution in [-0.2, 0) is 27.0 Å². The zero-order chi connectivity index (χ0) is 19.7. The third-order valence-corrected chi connectivity index (χ3v) is 7.78. The van der Waals surface area contributed by atoms with Crippen LogP contribution in [0.1, 0.15) is 29.5 Å². The Morgan fingerprint density at radius 3 is 2.43 bits per heavy atom. The number of amides is 1. The molecular formula is C22H26N2O3S. The zero-order valence-electron chi connectivity index (χ0n) is 16.2. The highest BCUT2D eigenvalue weighted by Gasteiger charge is 2.35. The van der Waals surface area contributed by atoms with Gasteiger partial charge in [0.15, 0.2) is 0 Å².